The summed E-state index contributed by atoms with van der Waals surface area (Å²) >= 11 is 0.361. The van der Waals surface area contributed by atoms with Crippen LogP contribution in [-0.2, 0) is 27.5 Å². The molecule has 17 heteroatoms. The molecule has 0 spiro atoms. The van der Waals surface area contributed by atoms with Crippen LogP contribution in [0.5, 0.6) is 11.5 Å². The van der Waals surface area contributed by atoms with Crippen LogP contribution in [0.25, 0.3) is 0 Å². The maximum absolute atomic E-state index is 14.9. The molecule has 0 radical (unpaired) electrons. The molecule has 2 aromatic heterocycles. The van der Waals surface area contributed by atoms with Gasteiger partial charge in [0, 0.05) is 49.3 Å². The van der Waals surface area contributed by atoms with E-state index in [0.717, 1.165) is 34.7 Å². The number of carboxylic acids is 1. The average molecular weight is 798 g/mol. The van der Waals surface area contributed by atoms with Crippen molar-refractivity contribution in [3.63, 3.8) is 0 Å². The highest BCUT2D eigenvalue weighted by Crippen LogP contribution is 2.45. The summed E-state index contributed by atoms with van der Waals surface area (Å²) in [6.07, 6.45) is -7.19. The van der Waals surface area contributed by atoms with E-state index in [1.54, 1.807) is 31.2 Å². The molecule has 10 nitrogen and oxygen atoms in total. The van der Waals surface area contributed by atoms with Crippen LogP contribution in [-0.4, -0.2) is 80.2 Å². The smallest absolute Gasteiger partial charge is 0.425 e. The number of hydrogen-bond donors (Lipinski definition) is 2. The van der Waals surface area contributed by atoms with E-state index < -0.39 is 69.4 Å². The van der Waals surface area contributed by atoms with Gasteiger partial charge < -0.3 is 29.5 Å². The maximum Gasteiger partial charge on any atom is 0.425 e. The number of carboxylic acid groups (broad SMARTS) is 1. The number of aromatic nitrogens is 1. The summed E-state index contributed by atoms with van der Waals surface area (Å²) in [6, 6.07) is 8.19. The van der Waals surface area contributed by atoms with Crippen LogP contribution in [0.2, 0.25) is 0 Å². The highest BCUT2D eigenvalue weighted by atomic mass is 32.1. The van der Waals surface area contributed by atoms with Gasteiger partial charge in [0.15, 0.2) is 0 Å². The first-order chi connectivity index (χ1) is 26.0. The first-order valence-electron chi connectivity index (χ1n) is 18.2. The second-order valence-corrected chi connectivity index (χ2v) is 15.3. The lowest BCUT2D eigenvalue weighted by Crippen LogP contribution is -2.68. The van der Waals surface area contributed by atoms with Crippen LogP contribution >= 0.6 is 11.3 Å². The Balaban J connectivity index is 1.31. The fraction of sp³-hybridized carbons (Fsp3) is 0.526. The number of carbonyl (C=O) groups excluding carboxylic acids is 2. The molecule has 2 aliphatic heterocycles. The molecule has 1 aliphatic carbocycles. The number of ether oxygens (including phenoxy) is 2. The quantitative estimate of drug-likeness (QED) is 0.202. The molecule has 1 saturated carbocycles. The second-order valence-electron chi connectivity index (χ2n) is 14.3. The molecular weight excluding hydrogens is 756 g/mol. The second kappa shape index (κ2) is 15.6. The molecule has 298 valence electrons. The fourth-order valence-electron chi connectivity index (χ4n) is 8.10. The van der Waals surface area contributed by atoms with Crippen molar-refractivity contribution >= 4 is 29.1 Å². The lowest BCUT2D eigenvalue weighted by molar-refractivity contribution is -0.163. The third kappa shape index (κ3) is 8.27. The Hall–Kier alpha value is -4.38. The molecule has 3 aliphatic rings. The number of carbonyl (C=O) groups is 3. The van der Waals surface area contributed by atoms with E-state index in [0.29, 0.717) is 48.3 Å². The van der Waals surface area contributed by atoms with Gasteiger partial charge in [0.05, 0.1) is 29.2 Å². The minimum Gasteiger partial charge on any atom is -0.490 e. The molecule has 0 bridgehead atoms. The zero-order valence-electron chi connectivity index (χ0n) is 29.9. The van der Waals surface area contributed by atoms with Crippen LogP contribution in [0.15, 0.2) is 54.0 Å². The Labute approximate surface area is 317 Å². The molecule has 6 rings (SSSR count). The number of amides is 2. The third-order valence-corrected chi connectivity index (χ3v) is 11.8. The number of hydrogen-bond acceptors (Lipinski definition) is 8. The van der Waals surface area contributed by atoms with Crippen molar-refractivity contribution in [1.82, 2.24) is 14.8 Å². The Morgan fingerprint density at radius 1 is 0.982 bits per heavy atom. The average Bonchev–Trinajstić information content (AvgIpc) is 3.82. The fourth-order valence-corrected chi connectivity index (χ4v) is 8.77. The predicted molar refractivity (Wildman–Crippen MR) is 186 cm³/mol. The number of alkyl halides is 6. The largest absolute Gasteiger partial charge is 0.490 e. The molecule has 55 heavy (non-hydrogen) atoms. The number of thiophene rings is 1. The first-order valence-corrected chi connectivity index (χ1v) is 19.0. The van der Waals surface area contributed by atoms with E-state index in [1.165, 1.54) is 4.90 Å². The van der Waals surface area contributed by atoms with Gasteiger partial charge >= 0.3 is 18.3 Å². The van der Waals surface area contributed by atoms with Crippen molar-refractivity contribution in [3.8, 4) is 11.5 Å². The van der Waals surface area contributed by atoms with Crippen LogP contribution in [0.4, 0.5) is 26.3 Å². The van der Waals surface area contributed by atoms with Crippen LogP contribution < -0.4 is 9.47 Å². The number of piperidine rings is 2. The van der Waals surface area contributed by atoms with E-state index in [4.69, 9.17) is 9.47 Å². The molecule has 3 aromatic rings. The zero-order valence-corrected chi connectivity index (χ0v) is 30.7. The van der Waals surface area contributed by atoms with Crippen molar-refractivity contribution in [3.05, 3.63) is 75.7 Å². The Morgan fingerprint density at radius 3 is 2.35 bits per heavy atom. The highest BCUT2D eigenvalue weighted by molar-refractivity contribution is 7.10. The van der Waals surface area contributed by atoms with E-state index in [9.17, 15) is 50.9 Å². The van der Waals surface area contributed by atoms with Crippen LogP contribution in [0, 0.1) is 5.92 Å². The van der Waals surface area contributed by atoms with Crippen molar-refractivity contribution in [2.75, 3.05) is 19.6 Å². The number of para-hydroxylation sites is 1. The highest BCUT2D eigenvalue weighted by Gasteiger charge is 2.57. The van der Waals surface area contributed by atoms with Crippen molar-refractivity contribution < 1.29 is 60.4 Å². The molecule has 2 saturated heterocycles. The number of pyridine rings is 1. The van der Waals surface area contributed by atoms with Gasteiger partial charge in [0.2, 0.25) is 5.60 Å². The summed E-state index contributed by atoms with van der Waals surface area (Å²) in [6.45, 7) is 1.61. The molecule has 2 N–H and O–H groups in total. The standard InChI is InChI=1S/C38H41F6N3O7S/c1-2-7-29-36(54-25-21-30(55-22-25)38(42,43)44,13-6-17-47(29)32(48)31-27(37(39,40)41)9-5-16-45-31)34(51)46-18-14-35(52,15-19-46)26-8-3-4-10-28(26)53-24-12-11-23(20-24)33(49)50/h3-5,8-10,16,21-24,29,52H,2,6-7,11-15,17-20H2,1H3,(H,49,50)/t23-,24?,29-,36+/m1/s1. The van der Waals surface area contributed by atoms with Gasteiger partial charge in [-0.15, -0.1) is 11.3 Å². The summed E-state index contributed by atoms with van der Waals surface area (Å²) < 4.78 is 95.7. The number of aliphatic carboxylic acids is 1. The van der Waals surface area contributed by atoms with Crippen molar-refractivity contribution in [2.45, 2.75) is 100 Å². The van der Waals surface area contributed by atoms with Gasteiger partial charge in [-0.2, -0.15) is 26.3 Å². The molecule has 1 aromatic carbocycles. The van der Waals surface area contributed by atoms with Gasteiger partial charge in [-0.3, -0.25) is 19.4 Å². The Bertz CT molecular complexity index is 1880. The number of halogens is 6. The summed E-state index contributed by atoms with van der Waals surface area (Å²) in [5.74, 6) is -3.07. The Kier molecular flexibility index (Phi) is 11.5. The number of likely N-dealkylation sites (tertiary alicyclic amines) is 2. The van der Waals surface area contributed by atoms with E-state index in [2.05, 4.69) is 4.98 Å². The van der Waals surface area contributed by atoms with Gasteiger partial charge in [-0.05, 0) is 63.1 Å². The number of aliphatic hydroxyl groups is 1. The normalized spacial score (nSPS) is 24.4. The van der Waals surface area contributed by atoms with Gasteiger partial charge in [0.1, 0.15) is 22.1 Å². The molecule has 3 fully saturated rings. The summed E-state index contributed by atoms with van der Waals surface area (Å²) in [5, 5.41) is 22.5. The SMILES string of the molecule is CCC[C@H]1N(C(=O)c2ncccc2C(F)(F)F)CCC[C@@]1(Oc1csc(C(F)(F)F)c1)C(=O)N1CCC(O)(c2ccccc2OC2CC[C@@H](C(=O)O)C2)CC1. The summed E-state index contributed by atoms with van der Waals surface area (Å²) in [4.78, 5) is 45.8. The van der Waals surface area contributed by atoms with Gasteiger partial charge in [-0.1, -0.05) is 31.5 Å². The molecule has 4 heterocycles. The zero-order chi connectivity index (χ0) is 39.8. The van der Waals surface area contributed by atoms with E-state index in [-0.39, 0.29) is 63.6 Å². The molecular formula is C38H41F6N3O7S. The topological polar surface area (TPSA) is 130 Å². The minimum absolute atomic E-state index is 0.0122. The van der Waals surface area contributed by atoms with E-state index in [1.807, 2.05) is 0 Å². The third-order valence-electron chi connectivity index (χ3n) is 10.8. The Morgan fingerprint density at radius 2 is 1.71 bits per heavy atom. The molecule has 2 amide bonds. The minimum atomic E-state index is -4.92. The van der Waals surface area contributed by atoms with Crippen LogP contribution in [0.3, 0.4) is 0 Å². The molecule has 1 unspecified atom stereocenters. The number of rotatable bonds is 10. The lowest BCUT2D eigenvalue weighted by Gasteiger charge is -2.51. The van der Waals surface area contributed by atoms with Gasteiger partial charge in [0.25, 0.3) is 11.8 Å². The predicted octanol–water partition coefficient (Wildman–Crippen LogP) is 7.55. The lowest BCUT2D eigenvalue weighted by atomic mass is 9.78. The van der Waals surface area contributed by atoms with Crippen molar-refractivity contribution in [2.24, 2.45) is 5.92 Å². The van der Waals surface area contributed by atoms with E-state index >= 15 is 0 Å². The van der Waals surface area contributed by atoms with Gasteiger partial charge in [-0.25, -0.2) is 0 Å². The first kappa shape index (κ1) is 40.3. The summed E-state index contributed by atoms with van der Waals surface area (Å²) in [5.41, 5.74) is -5.15. The maximum atomic E-state index is 14.9. The number of nitrogens with zero attached hydrogens (tertiary/aromatic N) is 3. The summed E-state index contributed by atoms with van der Waals surface area (Å²) in [7, 11) is 0. The number of benzene rings is 1. The molecule has 4 atom stereocenters. The van der Waals surface area contributed by atoms with Crippen molar-refractivity contribution in [1.29, 1.82) is 0 Å². The monoisotopic (exact) mass is 797 g/mol. The van der Waals surface area contributed by atoms with Crippen LogP contribution in [0.1, 0.15) is 91.2 Å².